The number of hydrogen-bond donors (Lipinski definition) is 0. The third-order valence-corrected chi connectivity index (χ3v) is 3.42. The highest BCUT2D eigenvalue weighted by Crippen LogP contribution is 2.30. The summed E-state index contributed by atoms with van der Waals surface area (Å²) < 4.78 is 13.5. The van der Waals surface area contributed by atoms with Gasteiger partial charge in [0.05, 0.1) is 0 Å². The van der Waals surface area contributed by atoms with E-state index in [1.54, 1.807) is 24.3 Å². The molecule has 2 rings (SSSR count). The second-order valence-electron chi connectivity index (χ2n) is 4.07. The van der Waals surface area contributed by atoms with E-state index in [1.807, 2.05) is 13.8 Å². The molecule has 0 amide bonds. The van der Waals surface area contributed by atoms with Gasteiger partial charge in [-0.2, -0.15) is 0 Å². The zero-order valence-electron chi connectivity index (χ0n) is 10.0. The minimum atomic E-state index is -0.261. The van der Waals surface area contributed by atoms with Crippen LogP contribution in [0.3, 0.4) is 0 Å². The molecule has 0 spiro atoms. The van der Waals surface area contributed by atoms with Crippen LogP contribution in [-0.4, -0.2) is 9.97 Å². The Labute approximate surface area is 115 Å². The van der Waals surface area contributed by atoms with Crippen molar-refractivity contribution in [3.63, 3.8) is 0 Å². The highest BCUT2D eigenvalue weighted by Gasteiger charge is 2.10. The van der Waals surface area contributed by atoms with Crippen molar-refractivity contribution in [3.05, 3.63) is 47.1 Å². The van der Waals surface area contributed by atoms with Crippen molar-refractivity contribution in [2.24, 2.45) is 0 Å². The zero-order chi connectivity index (χ0) is 13.1. The Morgan fingerprint density at radius 2 is 1.94 bits per heavy atom. The average molecular weight is 283 g/mol. The molecule has 0 aliphatic rings. The van der Waals surface area contributed by atoms with E-state index in [1.165, 1.54) is 17.8 Å². The summed E-state index contributed by atoms with van der Waals surface area (Å²) in [6.07, 6.45) is 0. The van der Waals surface area contributed by atoms with Crippen LogP contribution < -0.4 is 0 Å². The van der Waals surface area contributed by atoms with Gasteiger partial charge in [0.2, 0.25) is 0 Å². The summed E-state index contributed by atoms with van der Waals surface area (Å²) in [7, 11) is 0. The van der Waals surface area contributed by atoms with Gasteiger partial charge in [0.25, 0.3) is 0 Å². The number of aromatic nitrogens is 2. The molecule has 0 fully saturated rings. The maximum atomic E-state index is 13.5. The first-order valence-electron chi connectivity index (χ1n) is 5.53. The molecule has 0 radical (unpaired) electrons. The molecule has 1 aromatic carbocycles. The molecule has 0 bridgehead atoms. The minimum Gasteiger partial charge on any atom is -0.226 e. The maximum absolute atomic E-state index is 13.5. The standard InChI is InChI=1S/C13H12ClFN2S/c1-8(2)13-16-11(14)7-12(17-13)18-10-6-4-3-5-9(10)15/h3-8H,1-2H3. The molecule has 1 aromatic heterocycles. The SMILES string of the molecule is CC(C)c1nc(Cl)cc(Sc2ccccc2F)n1. The lowest BCUT2D eigenvalue weighted by Crippen LogP contribution is -1.98. The molecule has 18 heavy (non-hydrogen) atoms. The summed E-state index contributed by atoms with van der Waals surface area (Å²) in [5.74, 6) is 0.591. The lowest BCUT2D eigenvalue weighted by Gasteiger charge is -2.07. The number of rotatable bonds is 3. The Balaban J connectivity index is 2.32. The Morgan fingerprint density at radius 3 is 2.61 bits per heavy atom. The van der Waals surface area contributed by atoms with Gasteiger partial charge in [-0.15, -0.1) is 0 Å². The number of benzene rings is 1. The van der Waals surface area contributed by atoms with Crippen LogP contribution in [-0.2, 0) is 0 Å². The molecular formula is C13H12ClFN2S. The van der Waals surface area contributed by atoms with E-state index in [2.05, 4.69) is 9.97 Å². The monoisotopic (exact) mass is 282 g/mol. The molecule has 94 valence electrons. The van der Waals surface area contributed by atoms with Crippen molar-refractivity contribution in [3.8, 4) is 0 Å². The van der Waals surface area contributed by atoms with Crippen LogP contribution in [0, 0.1) is 5.82 Å². The van der Waals surface area contributed by atoms with Crippen molar-refractivity contribution in [1.29, 1.82) is 0 Å². The van der Waals surface area contributed by atoms with E-state index in [4.69, 9.17) is 11.6 Å². The lowest BCUT2D eigenvalue weighted by atomic mass is 10.2. The van der Waals surface area contributed by atoms with Crippen LogP contribution in [0.2, 0.25) is 5.15 Å². The predicted molar refractivity (Wildman–Crippen MR) is 71.7 cm³/mol. The van der Waals surface area contributed by atoms with Crippen LogP contribution in [0.25, 0.3) is 0 Å². The van der Waals surface area contributed by atoms with Gasteiger partial charge in [0.1, 0.15) is 21.8 Å². The topological polar surface area (TPSA) is 25.8 Å². The van der Waals surface area contributed by atoms with Crippen LogP contribution in [0.1, 0.15) is 25.6 Å². The molecule has 0 aliphatic carbocycles. The average Bonchev–Trinajstić information content (AvgIpc) is 2.31. The van der Waals surface area contributed by atoms with E-state index in [-0.39, 0.29) is 11.7 Å². The maximum Gasteiger partial charge on any atom is 0.137 e. The lowest BCUT2D eigenvalue weighted by molar-refractivity contribution is 0.602. The van der Waals surface area contributed by atoms with E-state index in [0.717, 1.165) is 0 Å². The summed E-state index contributed by atoms with van der Waals surface area (Å²) in [6.45, 7) is 3.98. The Hall–Kier alpha value is -1.13. The molecule has 5 heteroatoms. The largest absolute Gasteiger partial charge is 0.226 e. The van der Waals surface area contributed by atoms with Gasteiger partial charge in [-0.1, -0.05) is 49.3 Å². The van der Waals surface area contributed by atoms with E-state index < -0.39 is 0 Å². The molecule has 0 saturated heterocycles. The van der Waals surface area contributed by atoms with Gasteiger partial charge in [0, 0.05) is 16.9 Å². The minimum absolute atomic E-state index is 0.184. The summed E-state index contributed by atoms with van der Waals surface area (Å²) in [6, 6.07) is 8.23. The summed E-state index contributed by atoms with van der Waals surface area (Å²) in [4.78, 5) is 9.04. The highest BCUT2D eigenvalue weighted by atomic mass is 35.5. The van der Waals surface area contributed by atoms with E-state index in [9.17, 15) is 4.39 Å². The zero-order valence-corrected chi connectivity index (χ0v) is 11.6. The van der Waals surface area contributed by atoms with Crippen molar-refractivity contribution < 1.29 is 4.39 Å². The summed E-state index contributed by atoms with van der Waals surface area (Å²) in [5, 5.41) is 1.04. The summed E-state index contributed by atoms with van der Waals surface area (Å²) >= 11 is 7.19. The number of halogens is 2. The number of hydrogen-bond acceptors (Lipinski definition) is 3. The van der Waals surface area contributed by atoms with Crippen LogP contribution in [0.5, 0.6) is 0 Å². The fraction of sp³-hybridized carbons (Fsp3) is 0.231. The second-order valence-corrected chi connectivity index (χ2v) is 5.52. The van der Waals surface area contributed by atoms with E-state index >= 15 is 0 Å². The molecule has 2 nitrogen and oxygen atoms in total. The van der Waals surface area contributed by atoms with Crippen LogP contribution in [0.15, 0.2) is 40.3 Å². The van der Waals surface area contributed by atoms with Crippen molar-refractivity contribution in [1.82, 2.24) is 9.97 Å². The third kappa shape index (κ3) is 3.21. The Morgan fingerprint density at radius 1 is 1.22 bits per heavy atom. The molecule has 2 aromatic rings. The smallest absolute Gasteiger partial charge is 0.137 e. The molecule has 1 heterocycles. The Kier molecular flexibility index (Phi) is 4.19. The fourth-order valence-electron chi connectivity index (χ4n) is 1.36. The summed E-state index contributed by atoms with van der Waals surface area (Å²) in [5.41, 5.74) is 0. The second kappa shape index (κ2) is 5.67. The first-order chi connectivity index (χ1) is 8.56. The van der Waals surface area contributed by atoms with Gasteiger partial charge < -0.3 is 0 Å². The molecule has 0 aliphatic heterocycles. The van der Waals surface area contributed by atoms with Gasteiger partial charge in [-0.25, -0.2) is 14.4 Å². The van der Waals surface area contributed by atoms with Crippen molar-refractivity contribution >= 4 is 23.4 Å². The first kappa shape index (κ1) is 13.3. The van der Waals surface area contributed by atoms with Gasteiger partial charge in [-0.3, -0.25) is 0 Å². The molecule has 0 unspecified atom stereocenters. The predicted octanol–water partition coefficient (Wildman–Crippen LogP) is 4.54. The van der Waals surface area contributed by atoms with Crippen molar-refractivity contribution in [2.45, 2.75) is 29.7 Å². The van der Waals surface area contributed by atoms with Gasteiger partial charge >= 0.3 is 0 Å². The first-order valence-corrected chi connectivity index (χ1v) is 6.72. The third-order valence-electron chi connectivity index (χ3n) is 2.26. The van der Waals surface area contributed by atoms with E-state index in [0.29, 0.717) is 20.9 Å². The molecule has 0 saturated carbocycles. The molecule has 0 N–H and O–H groups in total. The molecular weight excluding hydrogens is 271 g/mol. The van der Waals surface area contributed by atoms with Crippen LogP contribution >= 0.6 is 23.4 Å². The Bertz CT molecular complexity index is 560. The van der Waals surface area contributed by atoms with Gasteiger partial charge in [-0.05, 0) is 12.1 Å². The normalized spacial score (nSPS) is 10.9. The van der Waals surface area contributed by atoms with Crippen molar-refractivity contribution in [2.75, 3.05) is 0 Å². The van der Waals surface area contributed by atoms with Gasteiger partial charge in [0.15, 0.2) is 0 Å². The quantitative estimate of drug-likeness (QED) is 0.773. The molecule has 0 atom stereocenters. The fourth-order valence-corrected chi connectivity index (χ4v) is 2.47. The van der Waals surface area contributed by atoms with Crippen LogP contribution in [0.4, 0.5) is 4.39 Å². The highest BCUT2D eigenvalue weighted by molar-refractivity contribution is 7.99. The number of nitrogens with zero attached hydrogens (tertiary/aromatic N) is 2.